The molecule has 8 heavy (non-hydrogen) atoms. The first-order chi connectivity index (χ1) is 3.91. The third kappa shape index (κ3) is 5.48. The van der Waals surface area contributed by atoms with Gasteiger partial charge in [-0.15, -0.1) is 12.3 Å². The molecule has 46 valence electrons. The molecule has 2 nitrogen and oxygen atoms in total. The Morgan fingerprint density at radius 1 is 1.75 bits per heavy atom. The van der Waals surface area contributed by atoms with E-state index < -0.39 is 0 Å². The zero-order valence-electron chi connectivity index (χ0n) is 5.11. The molecule has 0 spiro atoms. The van der Waals surface area contributed by atoms with Gasteiger partial charge in [0.1, 0.15) is 0 Å². The van der Waals surface area contributed by atoms with Crippen LogP contribution in [0.2, 0.25) is 0 Å². The summed E-state index contributed by atoms with van der Waals surface area (Å²) in [7, 11) is 0. The molecule has 0 aliphatic carbocycles. The Kier molecular flexibility index (Phi) is 6.06. The van der Waals surface area contributed by atoms with Crippen LogP contribution in [0.3, 0.4) is 0 Å². The SMILES string of the molecule is C#CCCNOCC. The van der Waals surface area contributed by atoms with Crippen molar-refractivity contribution in [2.24, 2.45) is 0 Å². The lowest BCUT2D eigenvalue weighted by Gasteiger charge is -1.97. The van der Waals surface area contributed by atoms with Gasteiger partial charge in [0.25, 0.3) is 0 Å². The second-order valence-electron chi connectivity index (χ2n) is 1.28. The van der Waals surface area contributed by atoms with E-state index >= 15 is 0 Å². The third-order valence-electron chi connectivity index (χ3n) is 0.618. The molecule has 1 N–H and O–H groups in total. The van der Waals surface area contributed by atoms with Crippen LogP contribution in [0.25, 0.3) is 0 Å². The summed E-state index contributed by atoms with van der Waals surface area (Å²) in [6.07, 6.45) is 5.69. The molecule has 0 unspecified atom stereocenters. The van der Waals surface area contributed by atoms with Gasteiger partial charge in [0.15, 0.2) is 0 Å². The Labute approximate surface area is 50.2 Å². The Morgan fingerprint density at radius 2 is 2.50 bits per heavy atom. The summed E-state index contributed by atoms with van der Waals surface area (Å²) >= 11 is 0. The van der Waals surface area contributed by atoms with Gasteiger partial charge in [-0.3, -0.25) is 0 Å². The normalized spacial score (nSPS) is 8.50. The predicted molar refractivity (Wildman–Crippen MR) is 33.1 cm³/mol. The molecule has 0 radical (unpaired) electrons. The van der Waals surface area contributed by atoms with Crippen LogP contribution in [0.4, 0.5) is 0 Å². The molecule has 0 aliphatic heterocycles. The highest BCUT2D eigenvalue weighted by Gasteiger charge is 1.77. The highest BCUT2D eigenvalue weighted by Crippen LogP contribution is 1.69. The van der Waals surface area contributed by atoms with Crippen LogP contribution in [0, 0.1) is 12.3 Å². The van der Waals surface area contributed by atoms with Crippen LogP contribution < -0.4 is 5.48 Å². The van der Waals surface area contributed by atoms with Crippen LogP contribution in [0.5, 0.6) is 0 Å². The molecule has 0 heterocycles. The Morgan fingerprint density at radius 3 is 3.00 bits per heavy atom. The van der Waals surface area contributed by atoms with Crippen LogP contribution >= 0.6 is 0 Å². The van der Waals surface area contributed by atoms with Crippen molar-refractivity contribution < 1.29 is 4.84 Å². The molecule has 0 saturated carbocycles. The fourth-order valence-electron chi connectivity index (χ4n) is 0.297. The van der Waals surface area contributed by atoms with Gasteiger partial charge in [-0.05, 0) is 6.92 Å². The van der Waals surface area contributed by atoms with E-state index in [0.717, 1.165) is 13.0 Å². The van der Waals surface area contributed by atoms with Crippen molar-refractivity contribution in [3.05, 3.63) is 0 Å². The van der Waals surface area contributed by atoms with Gasteiger partial charge in [0.2, 0.25) is 0 Å². The molecule has 2 heteroatoms. The molecular weight excluding hydrogens is 102 g/mol. The van der Waals surface area contributed by atoms with E-state index in [-0.39, 0.29) is 0 Å². The summed E-state index contributed by atoms with van der Waals surface area (Å²) in [6.45, 7) is 3.35. The van der Waals surface area contributed by atoms with Crippen LogP contribution in [0.1, 0.15) is 13.3 Å². The van der Waals surface area contributed by atoms with Gasteiger partial charge in [-0.25, -0.2) is 5.48 Å². The van der Waals surface area contributed by atoms with Crippen molar-refractivity contribution in [1.82, 2.24) is 5.48 Å². The van der Waals surface area contributed by atoms with E-state index in [4.69, 9.17) is 11.3 Å². The highest BCUT2D eigenvalue weighted by molar-refractivity contribution is 4.83. The minimum absolute atomic E-state index is 0.685. The molecule has 0 aromatic carbocycles. The van der Waals surface area contributed by atoms with Crippen LogP contribution in [-0.4, -0.2) is 13.2 Å². The maximum absolute atomic E-state index is 4.97. The highest BCUT2D eigenvalue weighted by atomic mass is 16.6. The number of rotatable bonds is 4. The quantitative estimate of drug-likeness (QED) is 0.326. The van der Waals surface area contributed by atoms with Crippen molar-refractivity contribution in [3.63, 3.8) is 0 Å². The predicted octanol–water partition coefficient (Wildman–Crippen LogP) is 0.551. The largest absolute Gasteiger partial charge is 0.302 e. The van der Waals surface area contributed by atoms with E-state index in [2.05, 4.69) is 11.4 Å². The number of hydrogen-bond donors (Lipinski definition) is 1. The van der Waals surface area contributed by atoms with Gasteiger partial charge in [-0.2, -0.15) is 0 Å². The zero-order chi connectivity index (χ0) is 6.24. The van der Waals surface area contributed by atoms with Crippen molar-refractivity contribution in [2.45, 2.75) is 13.3 Å². The van der Waals surface area contributed by atoms with Gasteiger partial charge in [-0.1, -0.05) is 0 Å². The molecule has 0 fully saturated rings. The molecule has 0 aliphatic rings. The molecule has 0 aromatic heterocycles. The van der Waals surface area contributed by atoms with Gasteiger partial charge < -0.3 is 4.84 Å². The first-order valence-corrected chi connectivity index (χ1v) is 2.70. The van der Waals surface area contributed by atoms with Crippen molar-refractivity contribution >= 4 is 0 Å². The third-order valence-corrected chi connectivity index (χ3v) is 0.618. The maximum atomic E-state index is 4.97. The molecule has 0 atom stereocenters. The van der Waals surface area contributed by atoms with Crippen molar-refractivity contribution in [2.75, 3.05) is 13.2 Å². The molecule has 0 saturated heterocycles. The summed E-state index contributed by atoms with van der Waals surface area (Å²) < 4.78 is 0. The molecule has 0 aromatic rings. The lowest BCUT2D eigenvalue weighted by Crippen LogP contribution is -2.14. The first kappa shape index (κ1) is 7.48. The smallest absolute Gasteiger partial charge is 0.0653 e. The number of nitrogens with one attached hydrogen (secondary N) is 1. The van der Waals surface area contributed by atoms with Crippen molar-refractivity contribution in [1.29, 1.82) is 0 Å². The van der Waals surface area contributed by atoms with Gasteiger partial charge >= 0.3 is 0 Å². The van der Waals surface area contributed by atoms with Crippen molar-refractivity contribution in [3.8, 4) is 12.3 Å². The summed E-state index contributed by atoms with van der Waals surface area (Å²) in [5.74, 6) is 2.48. The summed E-state index contributed by atoms with van der Waals surface area (Å²) in [5, 5.41) is 0. The first-order valence-electron chi connectivity index (χ1n) is 2.70. The summed E-state index contributed by atoms with van der Waals surface area (Å²) in [6, 6.07) is 0. The minimum atomic E-state index is 0.685. The number of terminal acetylenes is 1. The number of hydroxylamine groups is 1. The zero-order valence-corrected chi connectivity index (χ0v) is 5.11. The van der Waals surface area contributed by atoms with E-state index in [1.54, 1.807) is 0 Å². The van der Waals surface area contributed by atoms with Crippen LogP contribution in [-0.2, 0) is 4.84 Å². The second-order valence-corrected chi connectivity index (χ2v) is 1.28. The summed E-state index contributed by atoms with van der Waals surface area (Å²) in [5.41, 5.74) is 2.69. The Hall–Kier alpha value is -0.520. The topological polar surface area (TPSA) is 21.3 Å². The molecule has 0 rings (SSSR count). The maximum Gasteiger partial charge on any atom is 0.0653 e. The van der Waals surface area contributed by atoms with E-state index in [1.807, 2.05) is 6.92 Å². The average Bonchev–Trinajstić information content (AvgIpc) is 1.81. The minimum Gasteiger partial charge on any atom is -0.302 e. The molecule has 0 bridgehead atoms. The lowest BCUT2D eigenvalue weighted by atomic mass is 10.5. The second kappa shape index (κ2) is 6.48. The van der Waals surface area contributed by atoms with E-state index in [9.17, 15) is 0 Å². The van der Waals surface area contributed by atoms with Gasteiger partial charge in [0.05, 0.1) is 6.61 Å². The Balaban J connectivity index is 2.65. The fourth-order valence-corrected chi connectivity index (χ4v) is 0.297. The van der Waals surface area contributed by atoms with Crippen LogP contribution in [0.15, 0.2) is 0 Å². The van der Waals surface area contributed by atoms with E-state index in [1.165, 1.54) is 0 Å². The average molecular weight is 113 g/mol. The lowest BCUT2D eigenvalue weighted by molar-refractivity contribution is 0.0526. The monoisotopic (exact) mass is 113 g/mol. The molecule has 0 amide bonds. The van der Waals surface area contributed by atoms with Gasteiger partial charge in [0, 0.05) is 13.0 Å². The standard InChI is InChI=1S/C6H11NO/c1-3-5-6-7-8-4-2/h1,7H,4-6H2,2H3. The fraction of sp³-hybridized carbons (Fsp3) is 0.667. The van der Waals surface area contributed by atoms with E-state index in [0.29, 0.717) is 6.61 Å². The Bertz CT molecular complexity index is 75.1. The summed E-state index contributed by atoms with van der Waals surface area (Å²) in [4.78, 5) is 4.79. The number of hydrogen-bond acceptors (Lipinski definition) is 2. The molecular formula is C6H11NO.